The molecule has 0 radical (unpaired) electrons. The number of carbonyl (C=O) groups is 4. The minimum atomic E-state index is -4.97. The smallest absolute Gasteiger partial charge is 0.462 e. The summed E-state index contributed by atoms with van der Waals surface area (Å²) in [7, 11) is -9.93. The number of unbranched alkanes of at least 4 members (excludes halogenated alkanes) is 46. The number of esters is 4. The third-order valence-corrected chi connectivity index (χ3v) is 21.8. The first-order chi connectivity index (χ1) is 49.6. The fourth-order valence-electron chi connectivity index (χ4n) is 12.9. The van der Waals surface area contributed by atoms with Gasteiger partial charge in [0.1, 0.15) is 19.3 Å². The van der Waals surface area contributed by atoms with Crippen LogP contribution in [0.3, 0.4) is 0 Å². The van der Waals surface area contributed by atoms with E-state index in [0.29, 0.717) is 25.7 Å². The molecule has 0 bridgehead atoms. The van der Waals surface area contributed by atoms with Gasteiger partial charge in [0, 0.05) is 25.7 Å². The molecule has 0 aromatic carbocycles. The zero-order chi connectivity index (χ0) is 76.0. The SMILES string of the molecule is CCC(C)CCCCCCCCCCCCCCCCCCCCC(=O)O[C@H](COC(=O)CCCCCCCCCCCCCCCCCC(C)C)COP(=O)(O)OCC(O)COP(=O)(O)OC[C@@H](COC(=O)CCCCCCCCCCC(C)C)OC(=O)CCCCCCCCCCCC(C)C. The van der Waals surface area contributed by atoms with Crippen molar-refractivity contribution in [3.63, 3.8) is 0 Å². The maximum absolute atomic E-state index is 13.1. The van der Waals surface area contributed by atoms with E-state index in [-0.39, 0.29) is 25.7 Å². The molecule has 612 valence electrons. The maximum atomic E-state index is 13.1. The summed E-state index contributed by atoms with van der Waals surface area (Å²) in [6.45, 7) is 14.3. The molecule has 0 aliphatic carbocycles. The van der Waals surface area contributed by atoms with Crippen molar-refractivity contribution in [1.82, 2.24) is 0 Å². The molecule has 0 rings (SSSR count). The Labute approximate surface area is 632 Å². The Kier molecular flexibility index (Phi) is 71.5. The van der Waals surface area contributed by atoms with Crippen LogP contribution in [-0.2, 0) is 65.4 Å². The molecule has 103 heavy (non-hydrogen) atoms. The van der Waals surface area contributed by atoms with E-state index in [0.717, 1.165) is 114 Å². The van der Waals surface area contributed by atoms with Gasteiger partial charge < -0.3 is 33.8 Å². The summed E-state index contributed by atoms with van der Waals surface area (Å²) in [4.78, 5) is 73.1. The van der Waals surface area contributed by atoms with Crippen LogP contribution in [0.25, 0.3) is 0 Å². The molecule has 4 unspecified atom stereocenters. The van der Waals surface area contributed by atoms with Gasteiger partial charge in [-0.1, -0.05) is 383 Å². The molecule has 19 heteroatoms. The van der Waals surface area contributed by atoms with E-state index in [4.69, 9.17) is 37.0 Å². The Balaban J connectivity index is 5.22. The van der Waals surface area contributed by atoms with Crippen LogP contribution in [0.2, 0.25) is 0 Å². The van der Waals surface area contributed by atoms with Crippen molar-refractivity contribution in [3.05, 3.63) is 0 Å². The summed E-state index contributed by atoms with van der Waals surface area (Å²) in [5.41, 5.74) is 0. The van der Waals surface area contributed by atoms with Crippen LogP contribution >= 0.6 is 15.6 Å². The number of carbonyl (C=O) groups excluding carboxylic acids is 4. The molecule has 0 spiro atoms. The lowest BCUT2D eigenvalue weighted by atomic mass is 9.99. The van der Waals surface area contributed by atoms with Gasteiger partial charge in [-0.05, 0) is 49.4 Å². The number of rotatable bonds is 81. The lowest BCUT2D eigenvalue weighted by molar-refractivity contribution is -0.161. The highest BCUT2D eigenvalue weighted by Gasteiger charge is 2.30. The predicted octanol–water partition coefficient (Wildman–Crippen LogP) is 25.2. The zero-order valence-corrected chi connectivity index (χ0v) is 69.7. The van der Waals surface area contributed by atoms with E-state index in [2.05, 4.69) is 55.4 Å². The second-order valence-electron chi connectivity index (χ2n) is 31.9. The third kappa shape index (κ3) is 76.6. The topological polar surface area (TPSA) is 237 Å². The summed E-state index contributed by atoms with van der Waals surface area (Å²) < 4.78 is 68.8. The van der Waals surface area contributed by atoms with Gasteiger partial charge in [0.2, 0.25) is 0 Å². The Morgan fingerprint density at radius 3 is 0.689 bits per heavy atom. The highest BCUT2D eigenvalue weighted by atomic mass is 31.2. The van der Waals surface area contributed by atoms with Crippen LogP contribution in [0.5, 0.6) is 0 Å². The van der Waals surface area contributed by atoms with E-state index in [1.807, 2.05) is 0 Å². The first-order valence-corrected chi connectivity index (χ1v) is 46.2. The van der Waals surface area contributed by atoms with Crippen molar-refractivity contribution in [2.45, 2.75) is 453 Å². The molecule has 6 atom stereocenters. The van der Waals surface area contributed by atoms with Crippen LogP contribution < -0.4 is 0 Å². The molecule has 0 saturated carbocycles. The fraction of sp³-hybridized carbons (Fsp3) is 0.952. The van der Waals surface area contributed by atoms with E-state index in [1.54, 1.807) is 0 Å². The Bertz CT molecular complexity index is 2010. The van der Waals surface area contributed by atoms with Gasteiger partial charge in [-0.25, -0.2) is 9.13 Å². The number of ether oxygens (including phenoxy) is 4. The highest BCUT2D eigenvalue weighted by Crippen LogP contribution is 2.45. The molecule has 17 nitrogen and oxygen atoms in total. The van der Waals surface area contributed by atoms with E-state index in [1.165, 1.54) is 238 Å². The summed E-state index contributed by atoms with van der Waals surface area (Å²) in [5, 5.41) is 10.7. The van der Waals surface area contributed by atoms with Crippen molar-refractivity contribution < 1.29 is 80.2 Å². The van der Waals surface area contributed by atoms with Crippen LogP contribution in [0.15, 0.2) is 0 Å². The van der Waals surface area contributed by atoms with Crippen molar-refractivity contribution >= 4 is 39.5 Å². The molecule has 0 heterocycles. The second-order valence-corrected chi connectivity index (χ2v) is 34.8. The maximum Gasteiger partial charge on any atom is 0.472 e. The van der Waals surface area contributed by atoms with Crippen LogP contribution in [0.1, 0.15) is 434 Å². The zero-order valence-electron chi connectivity index (χ0n) is 68.0. The van der Waals surface area contributed by atoms with Crippen LogP contribution in [-0.4, -0.2) is 96.7 Å². The number of phosphoric acid groups is 2. The first-order valence-electron chi connectivity index (χ1n) is 43.2. The summed E-state index contributed by atoms with van der Waals surface area (Å²) in [6.07, 6.45) is 61.2. The minimum absolute atomic E-state index is 0.105. The quantitative estimate of drug-likeness (QED) is 0.0222. The highest BCUT2D eigenvalue weighted by molar-refractivity contribution is 7.47. The molecule has 0 amide bonds. The average molecular weight is 1510 g/mol. The van der Waals surface area contributed by atoms with Crippen molar-refractivity contribution in [1.29, 1.82) is 0 Å². The van der Waals surface area contributed by atoms with Gasteiger partial charge in [-0.15, -0.1) is 0 Å². The molecule has 0 aromatic heterocycles. The third-order valence-electron chi connectivity index (χ3n) is 19.9. The van der Waals surface area contributed by atoms with E-state index >= 15 is 0 Å². The van der Waals surface area contributed by atoms with Crippen molar-refractivity contribution in [2.24, 2.45) is 23.7 Å². The molecule has 0 saturated heterocycles. The lowest BCUT2D eigenvalue weighted by Gasteiger charge is -2.21. The summed E-state index contributed by atoms with van der Waals surface area (Å²) >= 11 is 0. The first kappa shape index (κ1) is 101. The van der Waals surface area contributed by atoms with Gasteiger partial charge in [0.15, 0.2) is 12.2 Å². The second kappa shape index (κ2) is 72.9. The Morgan fingerprint density at radius 2 is 0.466 bits per heavy atom. The summed E-state index contributed by atoms with van der Waals surface area (Å²) in [6, 6.07) is 0. The van der Waals surface area contributed by atoms with Gasteiger partial charge >= 0.3 is 39.5 Å². The van der Waals surface area contributed by atoms with E-state index in [9.17, 15) is 43.2 Å². The van der Waals surface area contributed by atoms with Crippen molar-refractivity contribution in [3.8, 4) is 0 Å². The number of phosphoric ester groups is 2. The molecular weight excluding hydrogens is 1340 g/mol. The van der Waals surface area contributed by atoms with Crippen LogP contribution in [0.4, 0.5) is 0 Å². The lowest BCUT2D eigenvalue weighted by Crippen LogP contribution is -2.30. The van der Waals surface area contributed by atoms with Gasteiger partial charge in [0.25, 0.3) is 0 Å². The van der Waals surface area contributed by atoms with Gasteiger partial charge in [0.05, 0.1) is 26.4 Å². The van der Waals surface area contributed by atoms with Gasteiger partial charge in [-0.3, -0.25) is 37.3 Å². The average Bonchev–Trinajstić information content (AvgIpc) is 0.914. The minimum Gasteiger partial charge on any atom is -0.462 e. The molecule has 0 aromatic rings. The molecule has 3 N–H and O–H groups in total. The largest absolute Gasteiger partial charge is 0.472 e. The predicted molar refractivity (Wildman–Crippen MR) is 423 cm³/mol. The normalized spacial score (nSPS) is 14.2. The number of aliphatic hydroxyl groups excluding tert-OH is 1. The number of hydrogen-bond donors (Lipinski definition) is 3. The molecule has 0 aliphatic rings. The van der Waals surface area contributed by atoms with Gasteiger partial charge in [-0.2, -0.15) is 0 Å². The molecular formula is C84H164O17P2. The summed E-state index contributed by atoms with van der Waals surface area (Å²) in [5.74, 6) is 1.03. The van der Waals surface area contributed by atoms with Crippen molar-refractivity contribution in [2.75, 3.05) is 39.6 Å². The monoisotopic (exact) mass is 1510 g/mol. The molecule has 0 aliphatic heterocycles. The number of hydrogen-bond acceptors (Lipinski definition) is 15. The van der Waals surface area contributed by atoms with Crippen LogP contribution in [0, 0.1) is 23.7 Å². The Morgan fingerprint density at radius 1 is 0.272 bits per heavy atom. The van der Waals surface area contributed by atoms with E-state index < -0.39 is 97.5 Å². The molecule has 0 fully saturated rings. The standard InChI is InChI=1S/C84H164O17P2/c1-9-77(8)63-55-47-39-30-24-20-16-12-10-11-13-17-22-26-32-42-50-58-66-83(88)100-79(70-94-81(86)64-56-48-40-31-25-21-18-14-15-19-23-28-36-44-52-60-74(2)3)72-98-102(90,91)96-68-78(85)69-97-103(92,93)99-73-80(71-95-82(87)65-57-49-41-35-34-38-46-54-62-76(6)7)101-84(89)67-59-51-43-33-27-29-37-45-53-61-75(4)5/h74-80,85H,9-73H2,1-8H3,(H,90,91)(H,92,93)/t77?,78?,79-,80-/m1/s1. The number of aliphatic hydroxyl groups is 1. The Hall–Kier alpha value is -1.94. The fourth-order valence-corrected chi connectivity index (χ4v) is 14.5.